The molecule has 3 nitrogen and oxygen atoms in total. The van der Waals surface area contributed by atoms with Crippen LogP contribution in [0.25, 0.3) is 0 Å². The first-order valence-electron chi connectivity index (χ1n) is 4.12. The minimum atomic E-state index is -4.28. The maximum atomic E-state index is 11.7. The predicted molar refractivity (Wildman–Crippen MR) is 54.6 cm³/mol. The molecule has 0 aliphatic rings. The second kappa shape index (κ2) is 5.49. The molecule has 1 amide bonds. The number of halogens is 4. The van der Waals surface area contributed by atoms with Crippen LogP contribution in [-0.4, -0.2) is 23.7 Å². The number of carbonyl (C=O) groups excluding carboxylic acids is 1. The van der Waals surface area contributed by atoms with Crippen molar-refractivity contribution in [1.29, 1.82) is 0 Å². The Morgan fingerprint density at radius 3 is 2.75 bits per heavy atom. The van der Waals surface area contributed by atoms with E-state index < -0.39 is 11.4 Å². The van der Waals surface area contributed by atoms with Gasteiger partial charge in [-0.1, -0.05) is 0 Å². The van der Waals surface area contributed by atoms with Crippen LogP contribution in [0.4, 0.5) is 13.2 Å². The van der Waals surface area contributed by atoms with Crippen LogP contribution >= 0.6 is 23.4 Å². The standard InChI is InChI=1S/C8H7ClF3NO2S/c9-6-5(1-3-15-6)7(14)13-2-4-16-8(10,11)12/h1,3H,2,4H2,(H,13,14). The number of furan rings is 1. The smallest absolute Gasteiger partial charge is 0.441 e. The van der Waals surface area contributed by atoms with Gasteiger partial charge in [0, 0.05) is 12.3 Å². The lowest BCUT2D eigenvalue weighted by Crippen LogP contribution is -2.26. The number of alkyl halides is 3. The summed E-state index contributed by atoms with van der Waals surface area (Å²) in [5.74, 6) is -0.799. The number of amides is 1. The highest BCUT2D eigenvalue weighted by Gasteiger charge is 2.27. The van der Waals surface area contributed by atoms with Gasteiger partial charge in [0.05, 0.1) is 11.8 Å². The van der Waals surface area contributed by atoms with E-state index in [0.717, 1.165) is 0 Å². The molecule has 0 spiro atoms. The van der Waals surface area contributed by atoms with E-state index in [1.807, 2.05) is 0 Å². The van der Waals surface area contributed by atoms with Crippen molar-refractivity contribution in [2.75, 3.05) is 12.3 Å². The largest absolute Gasteiger partial charge is 0.452 e. The average molecular weight is 274 g/mol. The molecule has 0 aliphatic heterocycles. The minimum Gasteiger partial charge on any atom is -0.452 e. The van der Waals surface area contributed by atoms with Crippen molar-refractivity contribution < 1.29 is 22.4 Å². The van der Waals surface area contributed by atoms with Gasteiger partial charge in [0.2, 0.25) is 5.22 Å². The van der Waals surface area contributed by atoms with Gasteiger partial charge in [-0.25, -0.2) is 0 Å². The topological polar surface area (TPSA) is 42.2 Å². The van der Waals surface area contributed by atoms with Crippen molar-refractivity contribution in [2.24, 2.45) is 0 Å². The number of carbonyl (C=O) groups is 1. The predicted octanol–water partition coefficient (Wildman–Crippen LogP) is 2.92. The van der Waals surface area contributed by atoms with E-state index in [0.29, 0.717) is 0 Å². The zero-order valence-electron chi connectivity index (χ0n) is 7.81. The van der Waals surface area contributed by atoms with Gasteiger partial charge in [-0.2, -0.15) is 13.2 Å². The summed E-state index contributed by atoms with van der Waals surface area (Å²) in [5.41, 5.74) is -4.17. The van der Waals surface area contributed by atoms with Gasteiger partial charge >= 0.3 is 5.51 Å². The second-order valence-electron chi connectivity index (χ2n) is 2.66. The summed E-state index contributed by atoms with van der Waals surface area (Å²) in [6.45, 7) is -0.0927. The summed E-state index contributed by atoms with van der Waals surface area (Å²) < 4.78 is 39.9. The number of thioether (sulfide) groups is 1. The van der Waals surface area contributed by atoms with E-state index in [2.05, 4.69) is 9.73 Å². The molecule has 90 valence electrons. The van der Waals surface area contributed by atoms with Crippen molar-refractivity contribution in [3.63, 3.8) is 0 Å². The molecule has 0 saturated heterocycles. The zero-order chi connectivity index (χ0) is 12.2. The van der Waals surface area contributed by atoms with Crippen molar-refractivity contribution in [1.82, 2.24) is 5.32 Å². The normalized spacial score (nSPS) is 11.5. The molecule has 1 heterocycles. The van der Waals surface area contributed by atoms with Crippen molar-refractivity contribution in [3.05, 3.63) is 23.1 Å². The van der Waals surface area contributed by atoms with Gasteiger partial charge in [-0.15, -0.1) is 0 Å². The Balaban J connectivity index is 2.29. The quantitative estimate of drug-likeness (QED) is 0.858. The first-order valence-corrected chi connectivity index (χ1v) is 5.48. The Labute approximate surface area is 98.3 Å². The molecule has 0 aromatic carbocycles. The van der Waals surface area contributed by atoms with E-state index in [9.17, 15) is 18.0 Å². The number of hydrogen-bond acceptors (Lipinski definition) is 3. The summed E-state index contributed by atoms with van der Waals surface area (Å²) in [6, 6.07) is 1.34. The van der Waals surface area contributed by atoms with Crippen LogP contribution in [-0.2, 0) is 0 Å². The molecule has 0 atom stereocenters. The van der Waals surface area contributed by atoms with Gasteiger partial charge in [0.15, 0.2) is 0 Å². The third kappa shape index (κ3) is 4.36. The van der Waals surface area contributed by atoms with Gasteiger partial charge in [0.25, 0.3) is 5.91 Å². The van der Waals surface area contributed by atoms with Crippen LogP contribution in [0.1, 0.15) is 10.4 Å². The van der Waals surface area contributed by atoms with Crippen LogP contribution < -0.4 is 5.32 Å². The molecule has 1 aromatic heterocycles. The summed E-state index contributed by atoms with van der Waals surface area (Å²) in [5, 5.41) is 2.21. The highest BCUT2D eigenvalue weighted by atomic mass is 35.5. The molecule has 0 saturated carbocycles. The van der Waals surface area contributed by atoms with E-state index >= 15 is 0 Å². The summed E-state index contributed by atoms with van der Waals surface area (Å²) in [7, 11) is 0. The van der Waals surface area contributed by atoms with Crippen LogP contribution in [0.3, 0.4) is 0 Å². The highest BCUT2D eigenvalue weighted by Crippen LogP contribution is 2.29. The Hall–Kier alpha value is -0.820. The molecule has 0 fully saturated rings. The van der Waals surface area contributed by atoms with Crippen LogP contribution in [0.15, 0.2) is 16.7 Å². The van der Waals surface area contributed by atoms with Gasteiger partial charge in [0.1, 0.15) is 0 Å². The van der Waals surface area contributed by atoms with E-state index in [1.54, 1.807) is 0 Å². The number of rotatable bonds is 4. The fourth-order valence-electron chi connectivity index (χ4n) is 0.882. The van der Waals surface area contributed by atoms with Gasteiger partial charge in [-0.05, 0) is 29.4 Å². The molecule has 0 aliphatic carbocycles. The molecule has 1 aromatic rings. The molecule has 1 N–H and O–H groups in total. The lowest BCUT2D eigenvalue weighted by Gasteiger charge is -2.06. The van der Waals surface area contributed by atoms with Crippen LogP contribution in [0, 0.1) is 0 Å². The summed E-state index contributed by atoms with van der Waals surface area (Å²) in [6.07, 6.45) is 1.22. The zero-order valence-corrected chi connectivity index (χ0v) is 9.38. The molecule has 0 radical (unpaired) electrons. The molecular formula is C8H7ClF3NO2S. The van der Waals surface area contributed by atoms with Crippen LogP contribution in [0.5, 0.6) is 0 Å². The Morgan fingerprint density at radius 1 is 1.56 bits per heavy atom. The van der Waals surface area contributed by atoms with Gasteiger partial charge in [-0.3, -0.25) is 4.79 Å². The average Bonchev–Trinajstić information content (AvgIpc) is 2.57. The Morgan fingerprint density at radius 2 is 2.25 bits per heavy atom. The van der Waals surface area contributed by atoms with Crippen LogP contribution in [0.2, 0.25) is 5.22 Å². The molecular weight excluding hydrogens is 267 g/mol. The van der Waals surface area contributed by atoms with Crippen molar-refractivity contribution >= 4 is 29.3 Å². The lowest BCUT2D eigenvalue weighted by atomic mass is 10.3. The maximum absolute atomic E-state index is 11.7. The Bertz CT molecular complexity index is 366. The van der Waals surface area contributed by atoms with E-state index in [-0.39, 0.29) is 34.8 Å². The number of nitrogens with one attached hydrogen (secondary N) is 1. The first-order chi connectivity index (χ1) is 7.40. The molecule has 0 unspecified atom stereocenters. The molecule has 1 rings (SSSR count). The molecule has 16 heavy (non-hydrogen) atoms. The summed E-state index contributed by atoms with van der Waals surface area (Å²) >= 11 is 5.31. The lowest BCUT2D eigenvalue weighted by molar-refractivity contribution is -0.0327. The van der Waals surface area contributed by atoms with E-state index in [1.165, 1.54) is 12.3 Å². The maximum Gasteiger partial charge on any atom is 0.441 e. The highest BCUT2D eigenvalue weighted by molar-refractivity contribution is 8.00. The van der Waals surface area contributed by atoms with Gasteiger partial charge < -0.3 is 9.73 Å². The number of hydrogen-bond donors (Lipinski definition) is 1. The SMILES string of the molecule is O=C(NCCSC(F)(F)F)c1ccoc1Cl. The molecule has 8 heteroatoms. The molecule has 0 bridgehead atoms. The minimum absolute atomic E-state index is 0.0824. The first kappa shape index (κ1) is 13.2. The van der Waals surface area contributed by atoms with E-state index in [4.69, 9.17) is 11.6 Å². The fraction of sp³-hybridized carbons (Fsp3) is 0.375. The third-order valence-corrected chi connectivity index (χ3v) is 2.54. The van der Waals surface area contributed by atoms with Crippen molar-refractivity contribution in [2.45, 2.75) is 5.51 Å². The fourth-order valence-corrected chi connectivity index (χ4v) is 1.52. The monoisotopic (exact) mass is 273 g/mol. The summed E-state index contributed by atoms with van der Waals surface area (Å²) in [4.78, 5) is 11.3. The van der Waals surface area contributed by atoms with Crippen molar-refractivity contribution in [3.8, 4) is 0 Å². The Kier molecular flexibility index (Phi) is 4.55. The second-order valence-corrected chi connectivity index (χ2v) is 4.16. The third-order valence-electron chi connectivity index (χ3n) is 1.52.